The molecule has 0 fully saturated rings. The van der Waals surface area contributed by atoms with Crippen LogP contribution >= 0.6 is 11.8 Å². The largest absolute Gasteiger partial charge is 0.336 e. The van der Waals surface area contributed by atoms with Crippen LogP contribution in [0.5, 0.6) is 0 Å². The molecule has 2 aromatic rings. The van der Waals surface area contributed by atoms with Gasteiger partial charge in [-0.05, 0) is 20.3 Å². The number of amides is 2. The fourth-order valence-corrected chi connectivity index (χ4v) is 2.57. The second kappa shape index (κ2) is 7.95. The Labute approximate surface area is 137 Å². The van der Waals surface area contributed by atoms with Crippen LogP contribution in [0.1, 0.15) is 27.2 Å². The second-order valence-corrected chi connectivity index (χ2v) is 6.34. The van der Waals surface area contributed by atoms with Crippen LogP contribution in [-0.2, 0) is 6.54 Å². The van der Waals surface area contributed by atoms with E-state index in [1.54, 1.807) is 0 Å². The molecular formula is C13H21N7O2S. The summed E-state index contributed by atoms with van der Waals surface area (Å²) in [5.74, 6) is 0.868. The highest BCUT2D eigenvalue weighted by molar-refractivity contribution is 7.99. The summed E-state index contributed by atoms with van der Waals surface area (Å²) in [6.07, 6.45) is 0.985. The van der Waals surface area contributed by atoms with Gasteiger partial charge in [-0.3, -0.25) is 9.78 Å². The highest BCUT2D eigenvalue weighted by atomic mass is 32.2. The van der Waals surface area contributed by atoms with Crippen molar-refractivity contribution in [1.82, 2.24) is 35.6 Å². The average Bonchev–Trinajstić information content (AvgIpc) is 2.88. The summed E-state index contributed by atoms with van der Waals surface area (Å²) in [5, 5.41) is 13.8. The topological polar surface area (TPSA) is 118 Å². The van der Waals surface area contributed by atoms with Gasteiger partial charge >= 0.3 is 6.03 Å². The lowest BCUT2D eigenvalue weighted by Crippen LogP contribution is -2.40. The zero-order valence-corrected chi connectivity index (χ0v) is 14.2. The first-order valence-corrected chi connectivity index (χ1v) is 8.50. The van der Waals surface area contributed by atoms with Gasteiger partial charge in [0, 0.05) is 18.3 Å². The molecule has 0 radical (unpaired) electrons. The molecule has 0 unspecified atom stereocenters. The van der Waals surface area contributed by atoms with Gasteiger partial charge in [-0.2, -0.15) is 0 Å². The fraction of sp³-hybridized carbons (Fsp3) is 0.615. The quantitative estimate of drug-likeness (QED) is 0.505. The molecule has 23 heavy (non-hydrogen) atoms. The summed E-state index contributed by atoms with van der Waals surface area (Å²) >= 11 is 1.48. The minimum Gasteiger partial charge on any atom is -0.336 e. The molecule has 2 rings (SSSR count). The third-order valence-corrected chi connectivity index (χ3v) is 3.90. The number of urea groups is 1. The first-order chi connectivity index (χ1) is 11.0. The van der Waals surface area contributed by atoms with Crippen molar-refractivity contribution >= 4 is 29.0 Å². The van der Waals surface area contributed by atoms with E-state index in [1.807, 2.05) is 13.8 Å². The lowest BCUT2D eigenvalue weighted by Gasteiger charge is -2.09. The molecule has 9 nitrogen and oxygen atoms in total. The third-order valence-electron chi connectivity index (χ3n) is 2.82. The number of hydrogen-bond acceptors (Lipinski definition) is 6. The van der Waals surface area contributed by atoms with Gasteiger partial charge in [-0.25, -0.2) is 14.5 Å². The van der Waals surface area contributed by atoms with Crippen LogP contribution in [0.25, 0.3) is 11.2 Å². The number of carbonyl (C=O) groups is 1. The Morgan fingerprint density at radius 1 is 1.43 bits per heavy atom. The minimum absolute atomic E-state index is 0.0700. The molecule has 0 aliphatic rings. The molecule has 126 valence electrons. The number of aromatic amines is 1. The minimum atomic E-state index is -0.301. The number of thioether (sulfide) groups is 1. The monoisotopic (exact) mass is 339 g/mol. The number of nitrogens with zero attached hydrogens (tertiary/aromatic N) is 4. The van der Waals surface area contributed by atoms with Gasteiger partial charge in [-0.1, -0.05) is 23.9 Å². The molecule has 0 aliphatic carbocycles. The molecule has 0 atom stereocenters. The van der Waals surface area contributed by atoms with Crippen molar-refractivity contribution in [3.63, 3.8) is 0 Å². The van der Waals surface area contributed by atoms with Crippen molar-refractivity contribution in [2.75, 3.05) is 12.3 Å². The van der Waals surface area contributed by atoms with Crippen molar-refractivity contribution in [3.8, 4) is 0 Å². The maximum Gasteiger partial charge on any atom is 0.315 e. The summed E-state index contributed by atoms with van der Waals surface area (Å²) < 4.78 is 1.52. The molecule has 2 heterocycles. The highest BCUT2D eigenvalue weighted by Crippen LogP contribution is 2.14. The molecule has 2 amide bonds. The number of H-pyrrole nitrogens is 1. The summed E-state index contributed by atoms with van der Waals surface area (Å²) in [6.45, 7) is 6.58. The van der Waals surface area contributed by atoms with E-state index < -0.39 is 0 Å². The number of aromatic nitrogens is 5. The van der Waals surface area contributed by atoms with E-state index >= 15 is 0 Å². The molecule has 0 aromatic carbocycles. The number of carbonyl (C=O) groups excluding carboxylic acids is 1. The van der Waals surface area contributed by atoms with Crippen molar-refractivity contribution in [3.05, 3.63) is 10.4 Å². The Hall–Kier alpha value is -2.10. The van der Waals surface area contributed by atoms with Gasteiger partial charge in [-0.15, -0.1) is 5.10 Å². The Balaban J connectivity index is 2.07. The highest BCUT2D eigenvalue weighted by Gasteiger charge is 2.12. The van der Waals surface area contributed by atoms with Crippen LogP contribution in [0.4, 0.5) is 4.79 Å². The second-order valence-electron chi connectivity index (χ2n) is 5.26. The molecule has 0 aliphatic heterocycles. The average molecular weight is 339 g/mol. The van der Waals surface area contributed by atoms with E-state index in [1.165, 1.54) is 16.4 Å². The maximum atomic E-state index is 12.0. The van der Waals surface area contributed by atoms with E-state index in [2.05, 4.69) is 37.8 Å². The molecule has 10 heteroatoms. The molecule has 0 bridgehead atoms. The summed E-state index contributed by atoms with van der Waals surface area (Å²) in [4.78, 5) is 30.6. The Morgan fingerprint density at radius 2 is 2.22 bits per heavy atom. The standard InChI is InChI=1S/C13H21N7O2S/c1-4-7-23-13-16-10-9(11(21)17-13)18-19-20(10)6-5-14-12(22)15-8(2)3/h8H,4-7H2,1-3H3,(H2,14,15,22)(H,16,17,21). The van der Waals surface area contributed by atoms with Crippen LogP contribution in [0.15, 0.2) is 9.95 Å². The predicted molar refractivity (Wildman–Crippen MR) is 88.6 cm³/mol. The fourth-order valence-electron chi connectivity index (χ4n) is 1.85. The molecule has 0 saturated carbocycles. The molecule has 2 aromatic heterocycles. The van der Waals surface area contributed by atoms with Gasteiger partial charge in [0.25, 0.3) is 5.56 Å². The number of hydrogen-bond donors (Lipinski definition) is 3. The van der Waals surface area contributed by atoms with Crippen LogP contribution in [0.2, 0.25) is 0 Å². The Bertz CT molecular complexity index is 725. The number of fused-ring (bicyclic) bond motifs is 1. The van der Waals surface area contributed by atoms with Crippen molar-refractivity contribution in [1.29, 1.82) is 0 Å². The number of nitrogens with one attached hydrogen (secondary N) is 3. The van der Waals surface area contributed by atoms with Gasteiger partial charge in [0.2, 0.25) is 0 Å². The molecule has 3 N–H and O–H groups in total. The van der Waals surface area contributed by atoms with Crippen LogP contribution in [-0.4, -0.2) is 49.3 Å². The lowest BCUT2D eigenvalue weighted by molar-refractivity contribution is 0.238. The van der Waals surface area contributed by atoms with Crippen molar-refractivity contribution in [2.45, 2.75) is 44.9 Å². The zero-order chi connectivity index (χ0) is 16.8. The van der Waals surface area contributed by atoms with Gasteiger partial charge in [0.1, 0.15) is 0 Å². The molecule has 0 spiro atoms. The van der Waals surface area contributed by atoms with E-state index in [-0.39, 0.29) is 23.1 Å². The Morgan fingerprint density at radius 3 is 2.91 bits per heavy atom. The third kappa shape index (κ3) is 4.68. The summed E-state index contributed by atoms with van der Waals surface area (Å²) in [7, 11) is 0. The predicted octanol–water partition coefficient (Wildman–Crippen LogP) is 0.724. The van der Waals surface area contributed by atoms with Crippen molar-refractivity contribution in [2.24, 2.45) is 0 Å². The Kier molecular flexibility index (Phi) is 5.97. The van der Waals surface area contributed by atoms with Crippen LogP contribution in [0, 0.1) is 0 Å². The SMILES string of the molecule is CCCSc1nc2c(nnn2CCNC(=O)NC(C)C)c(=O)[nH]1. The maximum absolute atomic E-state index is 12.0. The lowest BCUT2D eigenvalue weighted by atomic mass is 10.4. The van der Waals surface area contributed by atoms with E-state index in [0.717, 1.165) is 12.2 Å². The van der Waals surface area contributed by atoms with Gasteiger partial charge < -0.3 is 10.6 Å². The molecular weight excluding hydrogens is 318 g/mol. The van der Waals surface area contributed by atoms with Crippen LogP contribution < -0.4 is 16.2 Å². The first-order valence-electron chi connectivity index (χ1n) is 7.52. The van der Waals surface area contributed by atoms with E-state index in [4.69, 9.17) is 0 Å². The van der Waals surface area contributed by atoms with Gasteiger partial charge in [0.15, 0.2) is 16.3 Å². The summed E-state index contributed by atoms with van der Waals surface area (Å²) in [6, 6.07) is -0.171. The normalized spacial score (nSPS) is 11.1. The zero-order valence-electron chi connectivity index (χ0n) is 13.4. The van der Waals surface area contributed by atoms with Gasteiger partial charge in [0.05, 0.1) is 6.54 Å². The van der Waals surface area contributed by atoms with Crippen LogP contribution in [0.3, 0.4) is 0 Å². The smallest absolute Gasteiger partial charge is 0.315 e. The van der Waals surface area contributed by atoms with E-state index in [0.29, 0.717) is 23.9 Å². The molecule has 0 saturated heterocycles. The number of rotatable bonds is 7. The van der Waals surface area contributed by atoms with E-state index in [9.17, 15) is 9.59 Å². The first kappa shape index (κ1) is 17.3. The summed E-state index contributed by atoms with van der Waals surface area (Å²) in [5.41, 5.74) is 0.335. The van der Waals surface area contributed by atoms with Crippen molar-refractivity contribution < 1.29 is 4.79 Å².